The second-order valence-corrected chi connectivity index (χ2v) is 14.6. The molecule has 0 spiro atoms. The molecule has 0 rings (SSSR count). The fraction of sp³-hybridized carbons (Fsp3) is 0.900. The van der Waals surface area contributed by atoms with Gasteiger partial charge >= 0.3 is 0 Å². The summed E-state index contributed by atoms with van der Waals surface area (Å²) in [5.74, 6) is 1.43. The summed E-state index contributed by atoms with van der Waals surface area (Å²) >= 11 is 0. The van der Waals surface area contributed by atoms with Gasteiger partial charge in [-0.1, -0.05) is 61.5 Å². The highest BCUT2D eigenvalue weighted by atomic mass is 28.4. The Labute approximate surface area is 142 Å². The van der Waals surface area contributed by atoms with Gasteiger partial charge in [-0.25, -0.2) is 0 Å². The molecule has 0 aliphatic heterocycles. The molecule has 0 heterocycles. The molecule has 0 N–H and O–H groups in total. The van der Waals surface area contributed by atoms with Crippen molar-refractivity contribution in [1.82, 2.24) is 0 Å². The predicted molar refractivity (Wildman–Crippen MR) is 104 cm³/mol. The molecular weight excluding hydrogens is 284 g/mol. The Bertz CT molecular complexity index is 333. The van der Waals surface area contributed by atoms with Gasteiger partial charge in [-0.05, 0) is 54.6 Å². The van der Waals surface area contributed by atoms with Crippen molar-refractivity contribution in [3.8, 4) is 0 Å². The third kappa shape index (κ3) is 7.46. The lowest BCUT2D eigenvalue weighted by molar-refractivity contribution is 0.136. The van der Waals surface area contributed by atoms with Crippen molar-refractivity contribution in [2.45, 2.75) is 98.9 Å². The van der Waals surface area contributed by atoms with Gasteiger partial charge in [-0.3, -0.25) is 0 Å². The second-order valence-electron chi connectivity index (χ2n) is 9.87. The van der Waals surface area contributed by atoms with Crippen molar-refractivity contribution in [1.29, 1.82) is 0 Å². The van der Waals surface area contributed by atoms with E-state index in [0.717, 1.165) is 18.8 Å². The van der Waals surface area contributed by atoms with E-state index in [1.54, 1.807) is 0 Å². The molecule has 0 bridgehead atoms. The lowest BCUT2D eigenvalue weighted by Crippen LogP contribution is -2.44. The Morgan fingerprint density at radius 2 is 1.50 bits per heavy atom. The SMILES string of the molecule is C=CC[C@H](C[C@H](C)C[C@H](C)C(C)(C)C)O[Si](C)(C)C(C)(C)C. The van der Waals surface area contributed by atoms with E-state index >= 15 is 0 Å². The molecule has 2 heteroatoms. The highest BCUT2D eigenvalue weighted by Crippen LogP contribution is 2.39. The molecule has 0 radical (unpaired) electrons. The maximum Gasteiger partial charge on any atom is 0.192 e. The monoisotopic (exact) mass is 326 g/mol. The summed E-state index contributed by atoms with van der Waals surface area (Å²) in [5.41, 5.74) is 0.391. The lowest BCUT2D eigenvalue weighted by Gasteiger charge is -2.40. The second kappa shape index (κ2) is 8.15. The van der Waals surface area contributed by atoms with E-state index in [4.69, 9.17) is 4.43 Å². The summed E-state index contributed by atoms with van der Waals surface area (Å²) in [4.78, 5) is 0. The van der Waals surface area contributed by atoms with Crippen molar-refractivity contribution in [2.24, 2.45) is 17.3 Å². The molecule has 0 saturated heterocycles. The zero-order valence-electron chi connectivity index (χ0n) is 17.0. The zero-order chi connectivity index (χ0) is 17.8. The first-order valence-electron chi connectivity index (χ1n) is 8.99. The summed E-state index contributed by atoms with van der Waals surface area (Å²) in [6.07, 6.45) is 5.76. The Morgan fingerprint density at radius 1 is 1.00 bits per heavy atom. The molecule has 0 amide bonds. The fourth-order valence-corrected chi connectivity index (χ4v) is 3.85. The predicted octanol–water partition coefficient (Wildman–Crippen LogP) is 7.05. The molecule has 0 unspecified atom stereocenters. The minimum absolute atomic E-state index is 0.272. The van der Waals surface area contributed by atoms with Crippen LogP contribution in [0.25, 0.3) is 0 Å². The lowest BCUT2D eigenvalue weighted by atomic mass is 9.76. The Balaban J connectivity index is 4.75. The quantitative estimate of drug-likeness (QED) is 0.343. The summed E-state index contributed by atoms with van der Waals surface area (Å²) < 4.78 is 6.65. The summed E-state index contributed by atoms with van der Waals surface area (Å²) in [6.45, 7) is 27.4. The first kappa shape index (κ1) is 21.9. The molecule has 0 fully saturated rings. The van der Waals surface area contributed by atoms with Crippen LogP contribution in [0.4, 0.5) is 0 Å². The molecule has 132 valence electrons. The number of hydrogen-bond donors (Lipinski definition) is 0. The van der Waals surface area contributed by atoms with Crippen LogP contribution < -0.4 is 0 Å². The molecule has 22 heavy (non-hydrogen) atoms. The molecule has 1 nitrogen and oxygen atoms in total. The molecule has 0 aliphatic carbocycles. The first-order valence-corrected chi connectivity index (χ1v) is 11.9. The molecule has 0 aromatic rings. The highest BCUT2D eigenvalue weighted by Gasteiger charge is 2.39. The number of hydrogen-bond acceptors (Lipinski definition) is 1. The average Bonchev–Trinajstić information content (AvgIpc) is 2.25. The smallest absolute Gasteiger partial charge is 0.192 e. The summed E-state index contributed by atoms with van der Waals surface area (Å²) in [6, 6.07) is 0. The highest BCUT2D eigenvalue weighted by molar-refractivity contribution is 6.74. The van der Waals surface area contributed by atoms with Crippen molar-refractivity contribution >= 4 is 8.32 Å². The maximum atomic E-state index is 6.65. The van der Waals surface area contributed by atoms with Gasteiger partial charge in [0.05, 0.1) is 0 Å². The topological polar surface area (TPSA) is 9.23 Å². The average molecular weight is 327 g/mol. The van der Waals surface area contributed by atoms with E-state index in [1.165, 1.54) is 6.42 Å². The van der Waals surface area contributed by atoms with Crippen molar-refractivity contribution in [3.05, 3.63) is 12.7 Å². The minimum atomic E-state index is -1.70. The largest absolute Gasteiger partial charge is 0.414 e. The van der Waals surface area contributed by atoms with Gasteiger partial charge in [-0.2, -0.15) is 0 Å². The van der Waals surface area contributed by atoms with Gasteiger partial charge in [0.15, 0.2) is 8.32 Å². The molecule has 0 aromatic heterocycles. The normalized spacial score (nSPS) is 17.9. The Hall–Kier alpha value is -0.0831. The van der Waals surface area contributed by atoms with Crippen LogP contribution in [0.15, 0.2) is 12.7 Å². The van der Waals surface area contributed by atoms with E-state index in [2.05, 4.69) is 75.1 Å². The van der Waals surface area contributed by atoms with Gasteiger partial charge in [0, 0.05) is 6.10 Å². The van der Waals surface area contributed by atoms with Crippen LogP contribution in [-0.2, 0) is 4.43 Å². The van der Waals surface area contributed by atoms with E-state index in [0.29, 0.717) is 17.4 Å². The van der Waals surface area contributed by atoms with Crippen molar-refractivity contribution in [3.63, 3.8) is 0 Å². The fourth-order valence-electron chi connectivity index (χ4n) is 2.47. The van der Waals surface area contributed by atoms with Gasteiger partial charge < -0.3 is 4.43 Å². The van der Waals surface area contributed by atoms with Crippen LogP contribution in [0.3, 0.4) is 0 Å². The van der Waals surface area contributed by atoms with Crippen molar-refractivity contribution < 1.29 is 4.43 Å². The molecular formula is C20H42OSi. The van der Waals surface area contributed by atoms with Gasteiger partial charge in [0.1, 0.15) is 0 Å². The molecule has 3 atom stereocenters. The van der Waals surface area contributed by atoms with E-state index < -0.39 is 8.32 Å². The minimum Gasteiger partial charge on any atom is -0.414 e. The van der Waals surface area contributed by atoms with Gasteiger partial charge in [0.25, 0.3) is 0 Å². The third-order valence-electron chi connectivity index (χ3n) is 5.60. The molecule has 0 saturated carbocycles. The van der Waals surface area contributed by atoms with Crippen LogP contribution in [-0.4, -0.2) is 14.4 Å². The van der Waals surface area contributed by atoms with Crippen molar-refractivity contribution in [2.75, 3.05) is 0 Å². The van der Waals surface area contributed by atoms with Crippen LogP contribution >= 0.6 is 0 Å². The third-order valence-corrected chi connectivity index (χ3v) is 10.1. The van der Waals surface area contributed by atoms with E-state index in [1.807, 2.05) is 6.08 Å². The Morgan fingerprint density at radius 3 is 1.86 bits per heavy atom. The first-order chi connectivity index (χ1) is 9.70. The van der Waals surface area contributed by atoms with E-state index in [-0.39, 0.29) is 5.04 Å². The Kier molecular flexibility index (Phi) is 8.11. The van der Waals surface area contributed by atoms with Gasteiger partial charge in [-0.15, -0.1) is 6.58 Å². The summed E-state index contributed by atoms with van der Waals surface area (Å²) in [5, 5.41) is 0.272. The zero-order valence-corrected chi connectivity index (χ0v) is 18.0. The van der Waals surface area contributed by atoms with Crippen LogP contribution in [0.5, 0.6) is 0 Å². The van der Waals surface area contributed by atoms with Crippen LogP contribution in [0.2, 0.25) is 18.1 Å². The molecule has 0 aliphatic rings. The van der Waals surface area contributed by atoms with E-state index in [9.17, 15) is 0 Å². The standard InChI is InChI=1S/C20H42OSi/c1-12-13-18(21-22(10,11)20(7,8)9)15-16(2)14-17(3)19(4,5)6/h12,16-18H,1,13-15H2,2-11H3/t16-,17+,18-/m1/s1. The maximum absolute atomic E-state index is 6.65. The molecule has 0 aromatic carbocycles. The van der Waals surface area contributed by atoms with Crippen LogP contribution in [0, 0.1) is 17.3 Å². The van der Waals surface area contributed by atoms with Gasteiger partial charge in [0.2, 0.25) is 0 Å². The summed E-state index contributed by atoms with van der Waals surface area (Å²) in [7, 11) is -1.70. The number of rotatable bonds is 8. The van der Waals surface area contributed by atoms with Crippen LogP contribution in [0.1, 0.15) is 74.7 Å².